The van der Waals surface area contributed by atoms with Crippen LogP contribution in [-0.4, -0.2) is 23.5 Å². The number of pyridine rings is 1. The second-order valence-electron chi connectivity index (χ2n) is 7.99. The Morgan fingerprint density at radius 1 is 0.912 bits per heavy atom. The molecule has 6 nitrogen and oxygen atoms in total. The van der Waals surface area contributed by atoms with Gasteiger partial charge in [-0.3, -0.25) is 9.78 Å². The SMILES string of the molecule is O=C(COC(=O)c1c2c(nc3ccccc13)CCC2)Nc1ccc(Oc2ccc(Cl)cc2)cc1. The molecule has 1 amide bonds. The predicted molar refractivity (Wildman–Crippen MR) is 131 cm³/mol. The summed E-state index contributed by atoms with van der Waals surface area (Å²) in [7, 11) is 0. The number of ether oxygens (including phenoxy) is 2. The predicted octanol–water partition coefficient (Wildman–Crippen LogP) is 5.96. The Labute approximate surface area is 201 Å². The molecule has 1 aromatic heterocycles. The molecule has 0 atom stereocenters. The molecule has 0 saturated heterocycles. The zero-order valence-electron chi connectivity index (χ0n) is 18.2. The summed E-state index contributed by atoms with van der Waals surface area (Å²) < 4.78 is 11.1. The number of carbonyl (C=O) groups is 2. The highest BCUT2D eigenvalue weighted by molar-refractivity contribution is 6.30. The summed E-state index contributed by atoms with van der Waals surface area (Å²) in [6.07, 6.45) is 2.59. The molecule has 34 heavy (non-hydrogen) atoms. The number of esters is 1. The van der Waals surface area contributed by atoms with Gasteiger partial charge < -0.3 is 14.8 Å². The first-order valence-corrected chi connectivity index (χ1v) is 11.4. The summed E-state index contributed by atoms with van der Waals surface area (Å²) in [5.74, 6) is 0.349. The zero-order chi connectivity index (χ0) is 23.5. The number of carbonyl (C=O) groups excluding carboxylic acids is 2. The van der Waals surface area contributed by atoms with Crippen molar-refractivity contribution in [1.29, 1.82) is 0 Å². The van der Waals surface area contributed by atoms with Gasteiger partial charge in [0.05, 0.1) is 11.1 Å². The lowest BCUT2D eigenvalue weighted by Gasteiger charge is -2.12. The lowest BCUT2D eigenvalue weighted by atomic mass is 10.0. The maximum atomic E-state index is 13.0. The van der Waals surface area contributed by atoms with Gasteiger partial charge in [-0.1, -0.05) is 29.8 Å². The van der Waals surface area contributed by atoms with Gasteiger partial charge in [0.15, 0.2) is 6.61 Å². The van der Waals surface area contributed by atoms with E-state index in [0.29, 0.717) is 27.8 Å². The zero-order valence-corrected chi connectivity index (χ0v) is 19.0. The molecular formula is C27H21ClN2O4. The van der Waals surface area contributed by atoms with E-state index in [2.05, 4.69) is 10.3 Å². The Bertz CT molecular complexity index is 1370. The van der Waals surface area contributed by atoms with Crippen molar-refractivity contribution in [3.05, 3.63) is 94.6 Å². The quantitative estimate of drug-likeness (QED) is 0.350. The molecular weight excluding hydrogens is 452 g/mol. The van der Waals surface area contributed by atoms with Crippen LogP contribution in [0.25, 0.3) is 10.9 Å². The third-order valence-corrected chi connectivity index (χ3v) is 5.90. The molecule has 0 spiro atoms. The van der Waals surface area contributed by atoms with Crippen LogP contribution in [0.1, 0.15) is 28.0 Å². The van der Waals surface area contributed by atoms with Gasteiger partial charge in [-0.05, 0) is 79.4 Å². The normalized spacial score (nSPS) is 12.3. The highest BCUT2D eigenvalue weighted by Gasteiger charge is 2.25. The molecule has 0 fully saturated rings. The third-order valence-electron chi connectivity index (χ3n) is 5.65. The van der Waals surface area contributed by atoms with E-state index in [1.165, 1.54) is 0 Å². The summed E-state index contributed by atoms with van der Waals surface area (Å²) in [6.45, 7) is -0.382. The summed E-state index contributed by atoms with van der Waals surface area (Å²) in [5, 5.41) is 4.12. The molecule has 170 valence electrons. The Hall–Kier alpha value is -3.90. The van der Waals surface area contributed by atoms with Crippen molar-refractivity contribution in [2.45, 2.75) is 19.3 Å². The van der Waals surface area contributed by atoms with Gasteiger partial charge >= 0.3 is 5.97 Å². The second kappa shape index (κ2) is 9.53. The number of anilines is 1. The molecule has 0 unspecified atom stereocenters. The van der Waals surface area contributed by atoms with Crippen LogP contribution >= 0.6 is 11.6 Å². The van der Waals surface area contributed by atoms with Crippen LogP contribution in [0.5, 0.6) is 11.5 Å². The van der Waals surface area contributed by atoms with E-state index in [4.69, 9.17) is 21.1 Å². The molecule has 4 aromatic rings. The van der Waals surface area contributed by atoms with Gasteiger partial charge in [0.1, 0.15) is 11.5 Å². The van der Waals surface area contributed by atoms with Gasteiger partial charge in [-0.2, -0.15) is 0 Å². The van der Waals surface area contributed by atoms with Crippen molar-refractivity contribution in [2.24, 2.45) is 0 Å². The lowest BCUT2D eigenvalue weighted by molar-refractivity contribution is -0.119. The average Bonchev–Trinajstić information content (AvgIpc) is 3.31. The molecule has 0 radical (unpaired) electrons. The molecule has 1 heterocycles. The van der Waals surface area contributed by atoms with Crippen molar-refractivity contribution >= 4 is 40.1 Å². The van der Waals surface area contributed by atoms with Crippen LogP contribution in [0.15, 0.2) is 72.8 Å². The fourth-order valence-electron chi connectivity index (χ4n) is 4.09. The van der Waals surface area contributed by atoms with Crippen LogP contribution in [-0.2, 0) is 22.4 Å². The van der Waals surface area contributed by atoms with Crippen molar-refractivity contribution in [2.75, 3.05) is 11.9 Å². The first kappa shape index (κ1) is 21.9. The Balaban J connectivity index is 1.22. The first-order valence-electron chi connectivity index (χ1n) is 11.0. The number of hydrogen-bond acceptors (Lipinski definition) is 5. The van der Waals surface area contributed by atoms with Crippen LogP contribution in [0.4, 0.5) is 5.69 Å². The summed E-state index contributed by atoms with van der Waals surface area (Å²) >= 11 is 5.88. The molecule has 5 rings (SSSR count). The topological polar surface area (TPSA) is 77.5 Å². The number of aromatic nitrogens is 1. The molecule has 1 N–H and O–H groups in total. The number of hydrogen-bond donors (Lipinski definition) is 1. The molecule has 0 saturated carbocycles. The van der Waals surface area contributed by atoms with E-state index in [-0.39, 0.29) is 6.61 Å². The highest BCUT2D eigenvalue weighted by atomic mass is 35.5. The number of fused-ring (bicyclic) bond motifs is 2. The number of nitrogens with zero attached hydrogens (tertiary/aromatic N) is 1. The minimum Gasteiger partial charge on any atom is -0.457 e. The second-order valence-corrected chi connectivity index (χ2v) is 8.42. The van der Waals surface area contributed by atoms with Crippen LogP contribution in [0, 0.1) is 0 Å². The number of nitrogens with one attached hydrogen (secondary N) is 1. The molecule has 1 aliphatic carbocycles. The minimum atomic E-state index is -0.501. The Kier molecular flexibility index (Phi) is 6.14. The van der Waals surface area contributed by atoms with Crippen LogP contribution in [0.2, 0.25) is 5.02 Å². The lowest BCUT2D eigenvalue weighted by Crippen LogP contribution is -2.21. The van der Waals surface area contributed by atoms with Crippen LogP contribution in [0.3, 0.4) is 0 Å². The maximum absolute atomic E-state index is 13.0. The van der Waals surface area contributed by atoms with Gasteiger partial charge in [0.2, 0.25) is 0 Å². The van der Waals surface area contributed by atoms with E-state index in [0.717, 1.165) is 41.4 Å². The smallest absolute Gasteiger partial charge is 0.339 e. The number of halogens is 1. The van der Waals surface area contributed by atoms with Gasteiger partial charge in [0.25, 0.3) is 5.91 Å². The van der Waals surface area contributed by atoms with E-state index >= 15 is 0 Å². The molecule has 0 bridgehead atoms. The van der Waals surface area contributed by atoms with Gasteiger partial charge in [-0.25, -0.2) is 4.79 Å². The van der Waals surface area contributed by atoms with E-state index < -0.39 is 11.9 Å². The molecule has 3 aromatic carbocycles. The number of rotatable bonds is 6. The summed E-state index contributed by atoms with van der Waals surface area (Å²) in [5.41, 5.74) is 3.73. The molecule has 7 heteroatoms. The van der Waals surface area contributed by atoms with Crippen molar-refractivity contribution < 1.29 is 19.1 Å². The van der Waals surface area contributed by atoms with Crippen molar-refractivity contribution in [3.63, 3.8) is 0 Å². The van der Waals surface area contributed by atoms with Gasteiger partial charge in [-0.15, -0.1) is 0 Å². The fourth-order valence-corrected chi connectivity index (χ4v) is 4.22. The standard InChI is InChI=1S/C27H21ClN2O4/c28-17-8-12-19(13-9-17)34-20-14-10-18(11-15-20)29-25(31)16-33-27(32)26-21-4-1-2-6-23(21)30-24-7-3-5-22(24)26/h1-2,4,6,8-15H,3,5,7,16H2,(H,29,31). The van der Waals surface area contributed by atoms with E-state index in [1.807, 2.05) is 24.3 Å². The van der Waals surface area contributed by atoms with Crippen molar-refractivity contribution in [3.8, 4) is 11.5 Å². The van der Waals surface area contributed by atoms with Crippen LogP contribution < -0.4 is 10.1 Å². The average molecular weight is 473 g/mol. The summed E-state index contributed by atoms with van der Waals surface area (Å²) in [4.78, 5) is 30.1. The number of benzene rings is 3. The fraction of sp³-hybridized carbons (Fsp3) is 0.148. The monoisotopic (exact) mass is 472 g/mol. The molecule has 1 aliphatic rings. The maximum Gasteiger partial charge on any atom is 0.339 e. The third kappa shape index (κ3) is 4.72. The molecule has 0 aliphatic heterocycles. The largest absolute Gasteiger partial charge is 0.457 e. The van der Waals surface area contributed by atoms with Gasteiger partial charge in [0, 0.05) is 21.8 Å². The number of amides is 1. The highest BCUT2D eigenvalue weighted by Crippen LogP contribution is 2.30. The Morgan fingerprint density at radius 2 is 1.62 bits per heavy atom. The minimum absolute atomic E-state index is 0.382. The number of para-hydroxylation sites is 1. The van der Waals surface area contributed by atoms with Crippen molar-refractivity contribution in [1.82, 2.24) is 4.98 Å². The van der Waals surface area contributed by atoms with E-state index in [1.54, 1.807) is 48.5 Å². The number of aryl methyl sites for hydroxylation is 1. The summed E-state index contributed by atoms with van der Waals surface area (Å²) in [6, 6.07) is 21.5. The Morgan fingerprint density at radius 3 is 2.38 bits per heavy atom. The van der Waals surface area contributed by atoms with E-state index in [9.17, 15) is 9.59 Å². The first-order chi connectivity index (χ1) is 16.6.